The number of hydrogen-bond donors (Lipinski definition) is 3. The van der Waals surface area contributed by atoms with Gasteiger partial charge in [-0.1, -0.05) is 31.7 Å². The van der Waals surface area contributed by atoms with Crippen molar-refractivity contribution in [1.29, 1.82) is 0 Å². The molecule has 1 aliphatic carbocycles. The van der Waals surface area contributed by atoms with Crippen molar-refractivity contribution >= 4 is 0 Å². The molecule has 0 aromatic heterocycles. The molecule has 2 rings (SSSR count). The molecule has 1 aromatic rings. The van der Waals surface area contributed by atoms with E-state index in [-0.39, 0.29) is 18.4 Å². The number of hydrogen-bond acceptors (Lipinski definition) is 4. The Bertz CT molecular complexity index is 414. The van der Waals surface area contributed by atoms with Crippen molar-refractivity contribution in [1.82, 2.24) is 5.32 Å². The monoisotopic (exact) mass is 279 g/mol. The Morgan fingerprint density at radius 3 is 2.50 bits per heavy atom. The lowest BCUT2D eigenvalue weighted by atomic mass is 10.0. The number of rotatable bonds is 5. The summed E-state index contributed by atoms with van der Waals surface area (Å²) in [6.45, 7) is 0.0300. The molecule has 112 valence electrons. The van der Waals surface area contributed by atoms with E-state index >= 15 is 0 Å². The molecule has 0 radical (unpaired) electrons. The van der Waals surface area contributed by atoms with Crippen molar-refractivity contribution in [2.75, 3.05) is 13.7 Å². The zero-order chi connectivity index (χ0) is 14.4. The SMILES string of the molecule is COc1ccc(C(CO)NC2CCCCCC2)cc1O. The Labute approximate surface area is 120 Å². The predicted molar refractivity (Wildman–Crippen MR) is 79.1 cm³/mol. The molecular weight excluding hydrogens is 254 g/mol. The molecule has 1 saturated carbocycles. The number of phenols is 1. The summed E-state index contributed by atoms with van der Waals surface area (Å²) in [4.78, 5) is 0. The summed E-state index contributed by atoms with van der Waals surface area (Å²) in [5.41, 5.74) is 0.898. The summed E-state index contributed by atoms with van der Waals surface area (Å²) >= 11 is 0. The summed E-state index contributed by atoms with van der Waals surface area (Å²) in [5.74, 6) is 0.575. The summed E-state index contributed by atoms with van der Waals surface area (Å²) < 4.78 is 5.05. The van der Waals surface area contributed by atoms with E-state index in [1.807, 2.05) is 6.07 Å². The third kappa shape index (κ3) is 3.87. The van der Waals surface area contributed by atoms with Gasteiger partial charge in [0.1, 0.15) is 0 Å². The topological polar surface area (TPSA) is 61.7 Å². The standard InChI is InChI=1S/C16H25NO3/c1-20-16-9-8-12(10-15(16)19)14(11-18)17-13-6-4-2-3-5-7-13/h8-10,13-14,17-19H,2-7,11H2,1H3. The second-order valence-corrected chi connectivity index (χ2v) is 5.52. The highest BCUT2D eigenvalue weighted by Crippen LogP contribution is 2.29. The minimum absolute atomic E-state index is 0.0300. The average Bonchev–Trinajstić information content (AvgIpc) is 2.73. The third-order valence-electron chi connectivity index (χ3n) is 4.08. The quantitative estimate of drug-likeness (QED) is 0.725. The van der Waals surface area contributed by atoms with Gasteiger partial charge in [-0.05, 0) is 30.5 Å². The zero-order valence-corrected chi connectivity index (χ0v) is 12.1. The van der Waals surface area contributed by atoms with Crippen LogP contribution in [0, 0.1) is 0 Å². The molecule has 3 N–H and O–H groups in total. The van der Waals surface area contributed by atoms with Crippen LogP contribution in [0.5, 0.6) is 11.5 Å². The van der Waals surface area contributed by atoms with Crippen LogP contribution >= 0.6 is 0 Å². The lowest BCUT2D eigenvalue weighted by Crippen LogP contribution is -2.34. The van der Waals surface area contributed by atoms with Crippen molar-refractivity contribution in [3.8, 4) is 11.5 Å². The highest BCUT2D eigenvalue weighted by atomic mass is 16.5. The van der Waals surface area contributed by atoms with Crippen molar-refractivity contribution in [2.24, 2.45) is 0 Å². The molecule has 0 heterocycles. The van der Waals surface area contributed by atoms with Crippen LogP contribution in [0.3, 0.4) is 0 Å². The van der Waals surface area contributed by atoms with Crippen molar-refractivity contribution in [3.63, 3.8) is 0 Å². The van der Waals surface area contributed by atoms with Gasteiger partial charge in [-0.25, -0.2) is 0 Å². The number of aliphatic hydroxyl groups excluding tert-OH is 1. The Balaban J connectivity index is 2.05. The first-order valence-corrected chi connectivity index (χ1v) is 7.48. The summed E-state index contributed by atoms with van der Waals surface area (Å²) in [7, 11) is 1.53. The molecule has 1 fully saturated rings. The van der Waals surface area contributed by atoms with Crippen LogP contribution in [-0.4, -0.2) is 30.0 Å². The van der Waals surface area contributed by atoms with Crippen molar-refractivity contribution in [2.45, 2.75) is 50.6 Å². The van der Waals surface area contributed by atoms with Crippen LogP contribution in [0.15, 0.2) is 18.2 Å². The van der Waals surface area contributed by atoms with E-state index in [0.717, 1.165) is 5.56 Å². The molecule has 1 aliphatic rings. The van der Waals surface area contributed by atoms with E-state index in [1.54, 1.807) is 12.1 Å². The number of phenolic OH excluding ortho intramolecular Hbond substituents is 1. The predicted octanol–water partition coefficient (Wildman–Crippen LogP) is 2.75. The maximum Gasteiger partial charge on any atom is 0.160 e. The second-order valence-electron chi connectivity index (χ2n) is 5.52. The van der Waals surface area contributed by atoms with E-state index in [0.29, 0.717) is 11.8 Å². The van der Waals surface area contributed by atoms with E-state index < -0.39 is 0 Å². The third-order valence-corrected chi connectivity index (χ3v) is 4.08. The van der Waals surface area contributed by atoms with Gasteiger partial charge in [-0.3, -0.25) is 0 Å². The fourth-order valence-corrected chi connectivity index (χ4v) is 2.91. The fraction of sp³-hybridized carbons (Fsp3) is 0.625. The van der Waals surface area contributed by atoms with Gasteiger partial charge in [-0.2, -0.15) is 0 Å². The van der Waals surface area contributed by atoms with E-state index in [4.69, 9.17) is 4.74 Å². The summed E-state index contributed by atoms with van der Waals surface area (Å²) in [5, 5.41) is 23.0. The van der Waals surface area contributed by atoms with Gasteiger partial charge in [0.15, 0.2) is 11.5 Å². The highest BCUT2D eigenvalue weighted by molar-refractivity contribution is 5.42. The Morgan fingerprint density at radius 2 is 1.95 bits per heavy atom. The summed E-state index contributed by atoms with van der Waals surface area (Å²) in [6, 6.07) is 5.63. The molecule has 1 aromatic carbocycles. The fourth-order valence-electron chi connectivity index (χ4n) is 2.91. The maximum atomic E-state index is 9.85. The van der Waals surface area contributed by atoms with Gasteiger partial charge in [0.05, 0.1) is 19.8 Å². The largest absolute Gasteiger partial charge is 0.504 e. The second kappa shape index (κ2) is 7.50. The van der Waals surface area contributed by atoms with Gasteiger partial charge < -0.3 is 20.3 Å². The lowest BCUT2D eigenvalue weighted by Gasteiger charge is -2.24. The summed E-state index contributed by atoms with van der Waals surface area (Å²) in [6.07, 6.45) is 7.46. The normalized spacial score (nSPS) is 18.5. The van der Waals surface area contributed by atoms with Crippen LogP contribution in [0.25, 0.3) is 0 Å². The van der Waals surface area contributed by atoms with Gasteiger partial charge >= 0.3 is 0 Å². The first-order valence-electron chi connectivity index (χ1n) is 7.48. The molecule has 4 nitrogen and oxygen atoms in total. The maximum absolute atomic E-state index is 9.85. The first kappa shape index (κ1) is 15.1. The first-order chi connectivity index (χ1) is 9.74. The van der Waals surface area contributed by atoms with Crippen LogP contribution in [-0.2, 0) is 0 Å². The molecule has 1 unspecified atom stereocenters. The van der Waals surface area contributed by atoms with Gasteiger partial charge in [0.2, 0.25) is 0 Å². The molecule has 4 heteroatoms. The van der Waals surface area contributed by atoms with Crippen LogP contribution in [0.2, 0.25) is 0 Å². The molecule has 0 amide bonds. The van der Waals surface area contributed by atoms with E-state index in [2.05, 4.69) is 5.32 Å². The van der Waals surface area contributed by atoms with Crippen LogP contribution < -0.4 is 10.1 Å². The van der Waals surface area contributed by atoms with Gasteiger partial charge in [-0.15, -0.1) is 0 Å². The van der Waals surface area contributed by atoms with Crippen molar-refractivity contribution in [3.05, 3.63) is 23.8 Å². The Kier molecular flexibility index (Phi) is 5.68. The van der Waals surface area contributed by atoms with Crippen LogP contribution in [0.1, 0.15) is 50.1 Å². The Morgan fingerprint density at radius 1 is 1.25 bits per heavy atom. The molecule has 0 aliphatic heterocycles. The number of benzene rings is 1. The smallest absolute Gasteiger partial charge is 0.160 e. The zero-order valence-electron chi connectivity index (χ0n) is 12.1. The van der Waals surface area contributed by atoms with Crippen molar-refractivity contribution < 1.29 is 14.9 Å². The highest BCUT2D eigenvalue weighted by Gasteiger charge is 2.18. The van der Waals surface area contributed by atoms with E-state index in [9.17, 15) is 10.2 Å². The minimum Gasteiger partial charge on any atom is -0.504 e. The van der Waals surface area contributed by atoms with E-state index in [1.165, 1.54) is 45.6 Å². The number of nitrogens with one attached hydrogen (secondary N) is 1. The number of aromatic hydroxyl groups is 1. The average molecular weight is 279 g/mol. The van der Waals surface area contributed by atoms with Gasteiger partial charge in [0, 0.05) is 6.04 Å². The molecule has 0 saturated heterocycles. The Hall–Kier alpha value is -1.26. The number of aliphatic hydroxyl groups is 1. The lowest BCUT2D eigenvalue weighted by molar-refractivity contribution is 0.228. The molecule has 0 spiro atoms. The molecule has 0 bridgehead atoms. The molecular formula is C16H25NO3. The molecule has 1 atom stereocenters. The number of ether oxygens (including phenoxy) is 1. The molecule has 20 heavy (non-hydrogen) atoms. The van der Waals surface area contributed by atoms with Gasteiger partial charge in [0.25, 0.3) is 0 Å². The number of methoxy groups -OCH3 is 1. The van der Waals surface area contributed by atoms with Crippen LogP contribution in [0.4, 0.5) is 0 Å². The minimum atomic E-state index is -0.130.